The third-order valence-corrected chi connectivity index (χ3v) is 5.07. The Hall–Kier alpha value is -0.370. The van der Waals surface area contributed by atoms with Crippen LogP contribution in [0.2, 0.25) is 0 Å². The van der Waals surface area contributed by atoms with Crippen molar-refractivity contribution in [1.82, 2.24) is 14.9 Å². The molecular formula is C15H27Cl2N3O2S. The van der Waals surface area contributed by atoms with Crippen LogP contribution in [0.25, 0.3) is 0 Å². The summed E-state index contributed by atoms with van der Waals surface area (Å²) in [5.41, 5.74) is 1.06. The molecule has 1 aromatic rings. The number of benzene rings is 1. The minimum atomic E-state index is -3.16. The molecule has 0 saturated carbocycles. The van der Waals surface area contributed by atoms with Crippen LogP contribution in [0.3, 0.4) is 0 Å². The zero-order valence-corrected chi connectivity index (χ0v) is 15.7. The topological polar surface area (TPSA) is 61.4 Å². The van der Waals surface area contributed by atoms with E-state index in [0.717, 1.165) is 44.7 Å². The lowest BCUT2D eigenvalue weighted by atomic mass is 10.2. The molecule has 2 N–H and O–H groups in total. The van der Waals surface area contributed by atoms with Crippen LogP contribution >= 0.6 is 24.8 Å². The number of nitrogens with one attached hydrogen (secondary N) is 2. The van der Waals surface area contributed by atoms with Crippen LogP contribution in [0.4, 0.5) is 0 Å². The van der Waals surface area contributed by atoms with Crippen LogP contribution in [0, 0.1) is 0 Å². The first kappa shape index (κ1) is 22.6. The molecule has 5 nitrogen and oxygen atoms in total. The smallest absolute Gasteiger partial charge is 0.211 e. The van der Waals surface area contributed by atoms with Gasteiger partial charge in [0.25, 0.3) is 0 Å². The van der Waals surface area contributed by atoms with Gasteiger partial charge in [-0.3, -0.25) is 0 Å². The van der Waals surface area contributed by atoms with E-state index in [0.29, 0.717) is 13.0 Å². The molecule has 0 amide bonds. The summed E-state index contributed by atoms with van der Waals surface area (Å²) in [5, 5.41) is 3.31. The normalized spacial score (nSPS) is 15.5. The Balaban J connectivity index is 0.00000242. The van der Waals surface area contributed by atoms with Crippen molar-refractivity contribution in [3.05, 3.63) is 35.9 Å². The lowest BCUT2D eigenvalue weighted by molar-refractivity contribution is 0.239. The summed E-state index contributed by atoms with van der Waals surface area (Å²) in [7, 11) is -3.16. The Bertz CT molecular complexity index is 509. The second kappa shape index (κ2) is 12.1. The summed E-state index contributed by atoms with van der Waals surface area (Å²) in [6.07, 6.45) is 1.43. The highest BCUT2D eigenvalue weighted by atomic mass is 35.5. The highest BCUT2D eigenvalue weighted by Gasteiger charge is 2.11. The van der Waals surface area contributed by atoms with Crippen molar-refractivity contribution in [1.29, 1.82) is 0 Å². The van der Waals surface area contributed by atoms with Crippen LogP contribution in [-0.2, 0) is 16.4 Å². The fraction of sp³-hybridized carbons (Fsp3) is 0.600. The van der Waals surface area contributed by atoms with Crippen molar-refractivity contribution in [3.8, 4) is 0 Å². The molecule has 2 rings (SSSR count). The molecule has 1 aliphatic heterocycles. The molecule has 0 atom stereocenters. The molecule has 1 aliphatic rings. The molecule has 0 aromatic heterocycles. The summed E-state index contributed by atoms with van der Waals surface area (Å²) in [5.74, 6) is 0.157. The van der Waals surface area contributed by atoms with Crippen LogP contribution in [-0.4, -0.2) is 58.3 Å². The fourth-order valence-electron chi connectivity index (χ4n) is 2.43. The van der Waals surface area contributed by atoms with Gasteiger partial charge in [0.05, 0.1) is 5.75 Å². The van der Waals surface area contributed by atoms with Crippen molar-refractivity contribution >= 4 is 34.8 Å². The lowest BCUT2D eigenvalue weighted by Gasteiger charge is -2.27. The minimum Gasteiger partial charge on any atom is -0.314 e. The third-order valence-electron chi connectivity index (χ3n) is 3.68. The predicted octanol–water partition coefficient (Wildman–Crippen LogP) is 1.29. The van der Waals surface area contributed by atoms with Gasteiger partial charge in [0, 0.05) is 32.7 Å². The first-order chi connectivity index (χ1) is 10.2. The molecule has 1 aromatic carbocycles. The van der Waals surface area contributed by atoms with Gasteiger partial charge in [0.1, 0.15) is 0 Å². The first-order valence-corrected chi connectivity index (χ1v) is 9.25. The lowest BCUT2D eigenvalue weighted by Crippen LogP contribution is -2.44. The van der Waals surface area contributed by atoms with Gasteiger partial charge in [-0.15, -0.1) is 24.8 Å². The first-order valence-electron chi connectivity index (χ1n) is 7.60. The van der Waals surface area contributed by atoms with E-state index in [1.165, 1.54) is 0 Å². The molecule has 134 valence electrons. The van der Waals surface area contributed by atoms with Crippen molar-refractivity contribution in [2.45, 2.75) is 12.8 Å². The van der Waals surface area contributed by atoms with E-state index < -0.39 is 10.0 Å². The maximum Gasteiger partial charge on any atom is 0.211 e. The summed E-state index contributed by atoms with van der Waals surface area (Å²) < 4.78 is 26.5. The van der Waals surface area contributed by atoms with E-state index >= 15 is 0 Å². The SMILES string of the molecule is Cl.Cl.O=S(=O)(CCc1ccccc1)NCCCN1CCNCC1. The summed E-state index contributed by atoms with van der Waals surface area (Å²) >= 11 is 0. The van der Waals surface area contributed by atoms with E-state index in [-0.39, 0.29) is 30.6 Å². The Labute approximate surface area is 152 Å². The number of halogens is 2. The van der Waals surface area contributed by atoms with E-state index in [2.05, 4.69) is 14.9 Å². The van der Waals surface area contributed by atoms with Crippen LogP contribution in [0.5, 0.6) is 0 Å². The third kappa shape index (κ3) is 9.49. The van der Waals surface area contributed by atoms with Gasteiger partial charge in [-0.05, 0) is 24.9 Å². The molecule has 0 aliphatic carbocycles. The molecular weight excluding hydrogens is 357 g/mol. The summed E-state index contributed by atoms with van der Waals surface area (Å²) in [6.45, 7) is 5.66. The average molecular weight is 384 g/mol. The zero-order valence-electron chi connectivity index (χ0n) is 13.2. The summed E-state index contributed by atoms with van der Waals surface area (Å²) in [4.78, 5) is 2.37. The largest absolute Gasteiger partial charge is 0.314 e. The molecule has 1 heterocycles. The van der Waals surface area contributed by atoms with Crippen LogP contribution in [0.15, 0.2) is 30.3 Å². The highest BCUT2D eigenvalue weighted by molar-refractivity contribution is 7.89. The predicted molar refractivity (Wildman–Crippen MR) is 100 cm³/mol. The Morgan fingerprint density at radius 1 is 1.09 bits per heavy atom. The van der Waals surface area contributed by atoms with E-state index in [1.807, 2.05) is 30.3 Å². The van der Waals surface area contributed by atoms with E-state index in [1.54, 1.807) is 0 Å². The van der Waals surface area contributed by atoms with Crippen LogP contribution in [0.1, 0.15) is 12.0 Å². The molecule has 0 bridgehead atoms. The monoisotopic (exact) mass is 383 g/mol. The Kier molecular flexibility index (Phi) is 11.9. The van der Waals surface area contributed by atoms with Gasteiger partial charge in [-0.25, -0.2) is 13.1 Å². The molecule has 1 saturated heterocycles. The quantitative estimate of drug-likeness (QED) is 0.663. The van der Waals surface area contributed by atoms with Gasteiger partial charge < -0.3 is 10.2 Å². The van der Waals surface area contributed by atoms with Crippen molar-refractivity contribution in [2.24, 2.45) is 0 Å². The van der Waals surface area contributed by atoms with Crippen molar-refractivity contribution in [2.75, 3.05) is 45.0 Å². The number of sulfonamides is 1. The zero-order chi connectivity index (χ0) is 15.0. The molecule has 8 heteroatoms. The van der Waals surface area contributed by atoms with Crippen LogP contribution < -0.4 is 10.0 Å². The Morgan fingerprint density at radius 3 is 2.39 bits per heavy atom. The molecule has 0 spiro atoms. The number of nitrogens with zero attached hydrogens (tertiary/aromatic N) is 1. The summed E-state index contributed by atoms with van der Waals surface area (Å²) in [6, 6.07) is 9.72. The minimum absolute atomic E-state index is 0. The van der Waals surface area contributed by atoms with Gasteiger partial charge in [-0.2, -0.15) is 0 Å². The number of hydrogen-bond donors (Lipinski definition) is 2. The van der Waals surface area contributed by atoms with Crippen molar-refractivity contribution < 1.29 is 8.42 Å². The molecule has 0 unspecified atom stereocenters. The fourth-order valence-corrected chi connectivity index (χ4v) is 3.54. The van der Waals surface area contributed by atoms with Gasteiger partial charge >= 0.3 is 0 Å². The molecule has 23 heavy (non-hydrogen) atoms. The van der Waals surface area contributed by atoms with Gasteiger partial charge in [-0.1, -0.05) is 30.3 Å². The maximum atomic E-state index is 11.9. The Morgan fingerprint density at radius 2 is 1.74 bits per heavy atom. The number of hydrogen-bond acceptors (Lipinski definition) is 4. The molecule has 0 radical (unpaired) electrons. The second-order valence-electron chi connectivity index (χ2n) is 5.39. The number of rotatable bonds is 8. The molecule has 1 fully saturated rings. The highest BCUT2D eigenvalue weighted by Crippen LogP contribution is 2.01. The van der Waals surface area contributed by atoms with Gasteiger partial charge in [0.15, 0.2) is 0 Å². The number of piperazine rings is 1. The maximum absolute atomic E-state index is 11.9. The average Bonchev–Trinajstić information content (AvgIpc) is 2.52. The second-order valence-corrected chi connectivity index (χ2v) is 7.32. The standard InChI is InChI=1S/C15H25N3O2S.2ClH/c19-21(20,14-7-15-5-2-1-3-6-15)17-8-4-11-18-12-9-16-10-13-18;;/h1-3,5-6,16-17H,4,7-14H2;2*1H. The van der Waals surface area contributed by atoms with E-state index in [9.17, 15) is 8.42 Å². The van der Waals surface area contributed by atoms with E-state index in [4.69, 9.17) is 0 Å². The van der Waals surface area contributed by atoms with Gasteiger partial charge in [0.2, 0.25) is 10.0 Å². The number of aryl methyl sites for hydroxylation is 1. The van der Waals surface area contributed by atoms with Crippen molar-refractivity contribution in [3.63, 3.8) is 0 Å².